The fraction of sp³-hybridized carbons (Fsp3) is 0.188. The van der Waals surface area contributed by atoms with Gasteiger partial charge in [-0.1, -0.05) is 33.6 Å². The minimum absolute atomic E-state index is 0.0249. The van der Waals surface area contributed by atoms with Crippen LogP contribution in [0.1, 0.15) is 11.1 Å². The molecule has 0 atom stereocenters. The van der Waals surface area contributed by atoms with Gasteiger partial charge in [-0.05, 0) is 59.6 Å². The Morgan fingerprint density at radius 3 is 2.62 bits per heavy atom. The highest BCUT2D eigenvalue weighted by atomic mass is 79.9. The van der Waals surface area contributed by atoms with Gasteiger partial charge in [-0.3, -0.25) is 4.79 Å². The molecule has 0 bridgehead atoms. The SMILES string of the molecule is Cc1ccc(OCC(=O)Nc2cc(Br)ccc2Br)c(C)c1. The lowest BCUT2D eigenvalue weighted by atomic mass is 10.1. The second kappa shape index (κ2) is 7.09. The van der Waals surface area contributed by atoms with Gasteiger partial charge in [-0.15, -0.1) is 0 Å². The number of aryl methyl sites for hydroxylation is 2. The molecule has 0 aromatic heterocycles. The van der Waals surface area contributed by atoms with E-state index in [1.54, 1.807) is 0 Å². The van der Waals surface area contributed by atoms with Crippen LogP contribution in [-0.4, -0.2) is 12.5 Å². The van der Waals surface area contributed by atoms with Crippen LogP contribution in [0.3, 0.4) is 0 Å². The Labute approximate surface area is 141 Å². The third-order valence-electron chi connectivity index (χ3n) is 2.89. The van der Waals surface area contributed by atoms with Crippen LogP contribution in [0, 0.1) is 13.8 Å². The molecule has 0 aliphatic rings. The summed E-state index contributed by atoms with van der Waals surface area (Å²) in [4.78, 5) is 12.0. The number of halogens is 2. The van der Waals surface area contributed by atoms with Gasteiger partial charge < -0.3 is 10.1 Å². The van der Waals surface area contributed by atoms with Crippen molar-refractivity contribution in [3.8, 4) is 5.75 Å². The van der Waals surface area contributed by atoms with Crippen LogP contribution in [0.4, 0.5) is 5.69 Å². The molecule has 0 saturated heterocycles. The average molecular weight is 413 g/mol. The van der Waals surface area contributed by atoms with Gasteiger partial charge >= 0.3 is 0 Å². The number of anilines is 1. The fourth-order valence-electron chi connectivity index (χ4n) is 1.88. The Morgan fingerprint density at radius 1 is 1.14 bits per heavy atom. The van der Waals surface area contributed by atoms with E-state index in [2.05, 4.69) is 37.2 Å². The number of benzene rings is 2. The van der Waals surface area contributed by atoms with Crippen molar-refractivity contribution in [1.29, 1.82) is 0 Å². The van der Waals surface area contributed by atoms with Crippen LogP contribution >= 0.6 is 31.9 Å². The van der Waals surface area contributed by atoms with E-state index in [9.17, 15) is 4.79 Å². The van der Waals surface area contributed by atoms with Gasteiger partial charge in [0, 0.05) is 8.95 Å². The van der Waals surface area contributed by atoms with Crippen molar-refractivity contribution in [3.63, 3.8) is 0 Å². The zero-order valence-electron chi connectivity index (χ0n) is 11.7. The summed E-state index contributed by atoms with van der Waals surface area (Å²) in [7, 11) is 0. The molecule has 0 saturated carbocycles. The molecule has 1 N–H and O–H groups in total. The zero-order valence-corrected chi connectivity index (χ0v) is 14.9. The molecule has 110 valence electrons. The third-order valence-corrected chi connectivity index (χ3v) is 4.08. The smallest absolute Gasteiger partial charge is 0.262 e. The minimum atomic E-state index is -0.200. The van der Waals surface area contributed by atoms with Gasteiger partial charge in [-0.2, -0.15) is 0 Å². The zero-order chi connectivity index (χ0) is 15.4. The van der Waals surface area contributed by atoms with Gasteiger partial charge in [0.15, 0.2) is 6.61 Å². The van der Waals surface area contributed by atoms with E-state index in [4.69, 9.17) is 4.74 Å². The molecule has 0 aliphatic carbocycles. The molecule has 0 fully saturated rings. The van der Waals surface area contributed by atoms with E-state index in [1.165, 1.54) is 5.56 Å². The first-order valence-electron chi connectivity index (χ1n) is 6.40. The highest BCUT2D eigenvalue weighted by Gasteiger charge is 2.08. The summed E-state index contributed by atoms with van der Waals surface area (Å²) in [6, 6.07) is 11.5. The topological polar surface area (TPSA) is 38.3 Å². The van der Waals surface area contributed by atoms with Crippen LogP contribution in [-0.2, 0) is 4.79 Å². The maximum atomic E-state index is 12.0. The summed E-state index contributed by atoms with van der Waals surface area (Å²) < 4.78 is 7.28. The lowest BCUT2D eigenvalue weighted by Crippen LogP contribution is -2.20. The van der Waals surface area contributed by atoms with E-state index in [0.717, 1.165) is 20.3 Å². The van der Waals surface area contributed by atoms with Crippen molar-refractivity contribution < 1.29 is 9.53 Å². The lowest BCUT2D eigenvalue weighted by molar-refractivity contribution is -0.118. The molecular formula is C16H15Br2NO2. The third kappa shape index (κ3) is 4.58. The summed E-state index contributed by atoms with van der Waals surface area (Å²) in [5.41, 5.74) is 2.90. The van der Waals surface area contributed by atoms with E-state index >= 15 is 0 Å². The number of hydrogen-bond donors (Lipinski definition) is 1. The van der Waals surface area contributed by atoms with Crippen molar-refractivity contribution in [2.45, 2.75) is 13.8 Å². The summed E-state index contributed by atoms with van der Waals surface area (Å²) in [5, 5.41) is 2.81. The number of rotatable bonds is 4. The minimum Gasteiger partial charge on any atom is -0.483 e. The molecular weight excluding hydrogens is 398 g/mol. The summed E-state index contributed by atoms with van der Waals surface area (Å²) in [6.45, 7) is 3.96. The molecule has 2 aromatic rings. The first kappa shape index (κ1) is 16.0. The van der Waals surface area contributed by atoms with Crippen molar-refractivity contribution in [1.82, 2.24) is 0 Å². The Morgan fingerprint density at radius 2 is 1.90 bits per heavy atom. The predicted molar refractivity (Wildman–Crippen MR) is 91.9 cm³/mol. The van der Waals surface area contributed by atoms with Gasteiger partial charge in [0.2, 0.25) is 0 Å². The normalized spacial score (nSPS) is 10.3. The summed E-state index contributed by atoms with van der Waals surface area (Å²) >= 11 is 6.77. The van der Waals surface area contributed by atoms with Crippen molar-refractivity contribution in [2.75, 3.05) is 11.9 Å². The molecule has 3 nitrogen and oxygen atoms in total. The average Bonchev–Trinajstić information content (AvgIpc) is 2.42. The van der Waals surface area contributed by atoms with Crippen LogP contribution in [0.15, 0.2) is 45.3 Å². The molecule has 0 heterocycles. The highest BCUT2D eigenvalue weighted by Crippen LogP contribution is 2.26. The molecule has 2 rings (SSSR count). The molecule has 2 aromatic carbocycles. The molecule has 21 heavy (non-hydrogen) atoms. The molecule has 0 aliphatic heterocycles. The summed E-state index contributed by atoms with van der Waals surface area (Å²) in [6.07, 6.45) is 0. The Kier molecular flexibility index (Phi) is 5.42. The molecule has 5 heteroatoms. The summed E-state index contributed by atoms with van der Waals surface area (Å²) in [5.74, 6) is 0.526. The van der Waals surface area contributed by atoms with E-state index in [0.29, 0.717) is 5.69 Å². The predicted octanol–water partition coefficient (Wildman–Crippen LogP) is 4.85. The lowest BCUT2D eigenvalue weighted by Gasteiger charge is -2.11. The van der Waals surface area contributed by atoms with Crippen LogP contribution in [0.25, 0.3) is 0 Å². The molecule has 0 unspecified atom stereocenters. The number of ether oxygens (including phenoxy) is 1. The van der Waals surface area contributed by atoms with Crippen molar-refractivity contribution in [3.05, 3.63) is 56.5 Å². The standard InChI is InChI=1S/C16H15Br2NO2/c1-10-3-6-15(11(2)7-10)21-9-16(20)19-14-8-12(17)4-5-13(14)18/h3-8H,9H2,1-2H3,(H,19,20). The second-order valence-corrected chi connectivity index (χ2v) is 6.50. The van der Waals surface area contributed by atoms with E-state index in [1.807, 2.05) is 50.2 Å². The Balaban J connectivity index is 1.97. The van der Waals surface area contributed by atoms with Crippen molar-refractivity contribution in [2.24, 2.45) is 0 Å². The maximum Gasteiger partial charge on any atom is 0.262 e. The van der Waals surface area contributed by atoms with Gasteiger partial charge in [-0.25, -0.2) is 0 Å². The molecule has 0 spiro atoms. The largest absolute Gasteiger partial charge is 0.483 e. The number of carbonyl (C=O) groups excluding carboxylic acids is 1. The highest BCUT2D eigenvalue weighted by molar-refractivity contribution is 9.11. The Hall–Kier alpha value is -1.33. The second-order valence-electron chi connectivity index (χ2n) is 4.73. The molecule has 0 radical (unpaired) electrons. The molecule has 1 amide bonds. The fourth-order valence-corrected chi connectivity index (χ4v) is 2.59. The van der Waals surface area contributed by atoms with Gasteiger partial charge in [0.05, 0.1) is 5.69 Å². The number of carbonyl (C=O) groups is 1. The van der Waals surface area contributed by atoms with Crippen LogP contribution in [0.5, 0.6) is 5.75 Å². The van der Waals surface area contributed by atoms with Gasteiger partial charge in [0.1, 0.15) is 5.75 Å². The Bertz CT molecular complexity index is 671. The van der Waals surface area contributed by atoms with Crippen molar-refractivity contribution >= 4 is 43.5 Å². The van der Waals surface area contributed by atoms with E-state index < -0.39 is 0 Å². The number of hydrogen-bond acceptors (Lipinski definition) is 2. The van der Waals surface area contributed by atoms with Crippen LogP contribution < -0.4 is 10.1 Å². The quantitative estimate of drug-likeness (QED) is 0.779. The maximum absolute atomic E-state index is 12.0. The van der Waals surface area contributed by atoms with Crippen LogP contribution in [0.2, 0.25) is 0 Å². The first-order valence-corrected chi connectivity index (χ1v) is 7.99. The van der Waals surface area contributed by atoms with E-state index in [-0.39, 0.29) is 12.5 Å². The monoisotopic (exact) mass is 411 g/mol. The number of nitrogens with one attached hydrogen (secondary N) is 1. The van der Waals surface area contributed by atoms with Gasteiger partial charge in [0.25, 0.3) is 5.91 Å². The first-order chi connectivity index (χ1) is 9.95. The number of amides is 1.